The van der Waals surface area contributed by atoms with Gasteiger partial charge in [-0.15, -0.1) is 0 Å². The average molecular weight is 297 g/mol. The van der Waals surface area contributed by atoms with Crippen LogP contribution < -0.4 is 10.6 Å². The Morgan fingerprint density at radius 1 is 1.29 bits per heavy atom. The number of nitrogens with zero attached hydrogens (tertiary/aromatic N) is 1. The molecule has 0 spiro atoms. The summed E-state index contributed by atoms with van der Waals surface area (Å²) >= 11 is 0. The van der Waals surface area contributed by atoms with Crippen molar-refractivity contribution in [2.45, 2.75) is 51.1 Å². The Bertz CT molecular complexity index is 388. The van der Waals surface area contributed by atoms with Crippen LogP contribution in [0.2, 0.25) is 0 Å². The van der Waals surface area contributed by atoms with Gasteiger partial charge in [0.05, 0.1) is 5.92 Å². The fraction of sp³-hybridized carbons (Fsp3) is 0.867. The summed E-state index contributed by atoms with van der Waals surface area (Å²) < 4.78 is 0. The summed E-state index contributed by atoms with van der Waals surface area (Å²) in [6, 6.07) is 0.540. The molecule has 2 aliphatic rings. The minimum Gasteiger partial charge on any atom is -0.481 e. The third-order valence-corrected chi connectivity index (χ3v) is 5.04. The van der Waals surface area contributed by atoms with Gasteiger partial charge in [-0.1, -0.05) is 6.42 Å². The zero-order chi connectivity index (χ0) is 15.4. The van der Waals surface area contributed by atoms with Crippen molar-refractivity contribution in [1.29, 1.82) is 0 Å². The van der Waals surface area contributed by atoms with Gasteiger partial charge in [0.1, 0.15) is 0 Å². The lowest BCUT2D eigenvalue weighted by atomic mass is 9.96. The highest BCUT2D eigenvalue weighted by Gasteiger charge is 2.33. The van der Waals surface area contributed by atoms with E-state index in [1.54, 1.807) is 0 Å². The Balaban J connectivity index is 1.71. The molecule has 4 atom stereocenters. The molecule has 21 heavy (non-hydrogen) atoms. The van der Waals surface area contributed by atoms with Gasteiger partial charge < -0.3 is 20.6 Å². The lowest BCUT2D eigenvalue weighted by molar-refractivity contribution is -0.142. The van der Waals surface area contributed by atoms with Crippen LogP contribution in [0.25, 0.3) is 0 Å². The lowest BCUT2D eigenvalue weighted by Crippen LogP contribution is -2.50. The summed E-state index contributed by atoms with van der Waals surface area (Å²) in [4.78, 5) is 25.4. The van der Waals surface area contributed by atoms with Crippen molar-refractivity contribution in [3.8, 4) is 0 Å². The topological polar surface area (TPSA) is 81.7 Å². The van der Waals surface area contributed by atoms with E-state index in [2.05, 4.69) is 29.5 Å². The maximum atomic E-state index is 11.9. The largest absolute Gasteiger partial charge is 0.481 e. The Morgan fingerprint density at radius 3 is 2.71 bits per heavy atom. The van der Waals surface area contributed by atoms with Crippen molar-refractivity contribution < 1.29 is 14.7 Å². The number of hydrogen-bond acceptors (Lipinski definition) is 3. The van der Waals surface area contributed by atoms with Crippen LogP contribution in [0.5, 0.6) is 0 Å². The maximum absolute atomic E-state index is 11.9. The molecule has 1 saturated carbocycles. The Hall–Kier alpha value is -1.30. The molecule has 0 aromatic heterocycles. The van der Waals surface area contributed by atoms with Crippen molar-refractivity contribution in [2.75, 3.05) is 20.1 Å². The Labute approximate surface area is 126 Å². The third kappa shape index (κ3) is 4.33. The van der Waals surface area contributed by atoms with Gasteiger partial charge >= 0.3 is 12.0 Å². The molecule has 0 bridgehead atoms. The number of carboxylic acids is 1. The second-order valence-electron chi connectivity index (χ2n) is 6.54. The number of urea groups is 1. The second-order valence-corrected chi connectivity index (χ2v) is 6.54. The maximum Gasteiger partial charge on any atom is 0.315 e. The number of piperidine rings is 1. The molecular formula is C15H27N3O3. The summed E-state index contributed by atoms with van der Waals surface area (Å²) in [6.45, 7) is 3.63. The van der Waals surface area contributed by atoms with Crippen LogP contribution in [-0.4, -0.2) is 54.2 Å². The van der Waals surface area contributed by atoms with Gasteiger partial charge in [-0.3, -0.25) is 4.79 Å². The van der Waals surface area contributed by atoms with Crippen LogP contribution >= 0.6 is 0 Å². The van der Waals surface area contributed by atoms with E-state index in [0.29, 0.717) is 12.6 Å². The molecule has 6 heteroatoms. The second kappa shape index (κ2) is 7.11. The molecule has 1 saturated heterocycles. The minimum absolute atomic E-state index is 0.0738. The average Bonchev–Trinajstić information content (AvgIpc) is 2.89. The number of nitrogens with one attached hydrogen (secondary N) is 2. The van der Waals surface area contributed by atoms with E-state index in [9.17, 15) is 9.59 Å². The van der Waals surface area contributed by atoms with Gasteiger partial charge in [0, 0.05) is 25.2 Å². The predicted octanol–water partition coefficient (Wildman–Crippen LogP) is 1.27. The molecule has 1 aliphatic heterocycles. The third-order valence-electron chi connectivity index (χ3n) is 5.04. The number of hydrogen-bond donors (Lipinski definition) is 3. The van der Waals surface area contributed by atoms with Crippen LogP contribution in [0.4, 0.5) is 4.79 Å². The first kappa shape index (κ1) is 16.1. The molecule has 2 rings (SSSR count). The first-order valence-electron chi connectivity index (χ1n) is 7.94. The van der Waals surface area contributed by atoms with E-state index in [-0.39, 0.29) is 23.9 Å². The Morgan fingerprint density at radius 2 is 2.05 bits per heavy atom. The monoisotopic (exact) mass is 297 g/mol. The number of carboxylic acid groups (broad SMARTS) is 1. The molecule has 1 aliphatic carbocycles. The van der Waals surface area contributed by atoms with E-state index >= 15 is 0 Å². The van der Waals surface area contributed by atoms with E-state index in [1.165, 1.54) is 0 Å². The van der Waals surface area contributed by atoms with Gasteiger partial charge in [0.2, 0.25) is 0 Å². The minimum atomic E-state index is -0.733. The molecule has 2 amide bonds. The normalized spacial score (nSPS) is 33.6. The molecular weight excluding hydrogens is 270 g/mol. The number of carbonyl (C=O) groups excluding carboxylic acids is 1. The number of aliphatic carboxylic acids is 1. The number of carbonyl (C=O) groups is 2. The summed E-state index contributed by atoms with van der Waals surface area (Å²) in [5.41, 5.74) is 0. The number of likely N-dealkylation sites (tertiary alicyclic amines) is 1. The lowest BCUT2D eigenvalue weighted by Gasteiger charge is -2.35. The van der Waals surface area contributed by atoms with Gasteiger partial charge in [0.15, 0.2) is 0 Å². The Kier molecular flexibility index (Phi) is 5.45. The molecule has 120 valence electrons. The van der Waals surface area contributed by atoms with Gasteiger partial charge in [-0.05, 0) is 45.6 Å². The smallest absolute Gasteiger partial charge is 0.315 e. The molecule has 2 fully saturated rings. The van der Waals surface area contributed by atoms with Crippen molar-refractivity contribution in [3.63, 3.8) is 0 Å². The predicted molar refractivity (Wildman–Crippen MR) is 80.1 cm³/mol. The van der Waals surface area contributed by atoms with Crippen molar-refractivity contribution in [1.82, 2.24) is 15.5 Å². The highest BCUT2D eigenvalue weighted by molar-refractivity contribution is 5.74. The van der Waals surface area contributed by atoms with Crippen LogP contribution in [-0.2, 0) is 4.79 Å². The zero-order valence-electron chi connectivity index (χ0n) is 13.0. The summed E-state index contributed by atoms with van der Waals surface area (Å²) in [5, 5.41) is 15.0. The van der Waals surface area contributed by atoms with Crippen LogP contribution in [0.1, 0.15) is 39.0 Å². The van der Waals surface area contributed by atoms with Gasteiger partial charge in [-0.25, -0.2) is 4.79 Å². The van der Waals surface area contributed by atoms with Crippen molar-refractivity contribution in [3.05, 3.63) is 0 Å². The van der Waals surface area contributed by atoms with Gasteiger partial charge in [-0.2, -0.15) is 0 Å². The fourth-order valence-electron chi connectivity index (χ4n) is 3.49. The molecule has 0 aromatic rings. The molecule has 1 heterocycles. The van der Waals surface area contributed by atoms with Gasteiger partial charge in [0.25, 0.3) is 0 Å². The zero-order valence-corrected chi connectivity index (χ0v) is 13.0. The summed E-state index contributed by atoms with van der Waals surface area (Å²) in [6.07, 6.45) is 4.50. The van der Waals surface area contributed by atoms with E-state index in [0.717, 1.165) is 38.6 Å². The number of amides is 2. The summed E-state index contributed by atoms with van der Waals surface area (Å²) in [5.74, 6) is -0.956. The van der Waals surface area contributed by atoms with E-state index < -0.39 is 5.97 Å². The standard InChI is InChI=1S/C15H27N3O3/c1-10-8-12(6-7-18(10)2)17-15(21)16-9-11-4-3-5-13(11)14(19)20/h10-13H,3-9H2,1-2H3,(H,19,20)(H2,16,17,21). The molecule has 4 unspecified atom stereocenters. The first-order chi connectivity index (χ1) is 9.97. The quantitative estimate of drug-likeness (QED) is 0.730. The SMILES string of the molecule is CC1CC(NC(=O)NCC2CCCC2C(=O)O)CCN1C. The summed E-state index contributed by atoms with van der Waals surface area (Å²) in [7, 11) is 2.10. The number of rotatable bonds is 4. The van der Waals surface area contributed by atoms with Crippen LogP contribution in [0.3, 0.4) is 0 Å². The van der Waals surface area contributed by atoms with E-state index in [1.807, 2.05) is 0 Å². The fourth-order valence-corrected chi connectivity index (χ4v) is 3.49. The molecule has 6 nitrogen and oxygen atoms in total. The highest BCUT2D eigenvalue weighted by atomic mass is 16.4. The molecule has 0 aromatic carbocycles. The molecule has 0 radical (unpaired) electrons. The van der Waals surface area contributed by atoms with Crippen LogP contribution in [0.15, 0.2) is 0 Å². The first-order valence-corrected chi connectivity index (χ1v) is 7.94. The molecule has 3 N–H and O–H groups in total. The van der Waals surface area contributed by atoms with Crippen molar-refractivity contribution >= 4 is 12.0 Å². The highest BCUT2D eigenvalue weighted by Crippen LogP contribution is 2.31. The van der Waals surface area contributed by atoms with Crippen molar-refractivity contribution in [2.24, 2.45) is 11.8 Å². The van der Waals surface area contributed by atoms with E-state index in [4.69, 9.17) is 5.11 Å². The van der Waals surface area contributed by atoms with Crippen LogP contribution in [0, 0.1) is 11.8 Å².